The molecular formula is C16H17NO3. The summed E-state index contributed by atoms with van der Waals surface area (Å²) >= 11 is 0. The Balaban J connectivity index is 1.86. The number of hydrogen-bond donors (Lipinski definition) is 0. The van der Waals surface area contributed by atoms with Crippen molar-refractivity contribution in [1.82, 2.24) is 0 Å². The summed E-state index contributed by atoms with van der Waals surface area (Å²) in [5, 5.41) is 3.94. The van der Waals surface area contributed by atoms with Gasteiger partial charge in [0.2, 0.25) is 0 Å². The van der Waals surface area contributed by atoms with Crippen molar-refractivity contribution in [2.45, 2.75) is 6.61 Å². The van der Waals surface area contributed by atoms with E-state index in [1.165, 1.54) is 0 Å². The Bertz CT molecular complexity index is 564. The first kappa shape index (κ1) is 13.9. The molecule has 0 N–H and O–H groups in total. The van der Waals surface area contributed by atoms with Crippen molar-refractivity contribution in [3.63, 3.8) is 0 Å². The second-order valence-electron chi connectivity index (χ2n) is 4.13. The van der Waals surface area contributed by atoms with E-state index < -0.39 is 0 Å². The Morgan fingerprint density at radius 3 is 2.40 bits per heavy atom. The fourth-order valence-corrected chi connectivity index (χ4v) is 1.65. The van der Waals surface area contributed by atoms with Gasteiger partial charge in [0.25, 0.3) is 0 Å². The van der Waals surface area contributed by atoms with E-state index in [0.29, 0.717) is 6.61 Å². The van der Waals surface area contributed by atoms with Crippen molar-refractivity contribution in [1.29, 1.82) is 0 Å². The average Bonchev–Trinajstić information content (AvgIpc) is 2.52. The lowest BCUT2D eigenvalue weighted by Crippen LogP contribution is -1.90. The fourth-order valence-electron chi connectivity index (χ4n) is 1.65. The molecule has 0 heterocycles. The van der Waals surface area contributed by atoms with Crippen LogP contribution in [0.5, 0.6) is 11.5 Å². The predicted octanol–water partition coefficient (Wildman–Crippen LogP) is 3.25. The molecule has 0 saturated heterocycles. The summed E-state index contributed by atoms with van der Waals surface area (Å²) in [5.41, 5.74) is 1.97. The number of oxime groups is 1. The topological polar surface area (TPSA) is 40.0 Å². The first-order chi connectivity index (χ1) is 9.81. The van der Waals surface area contributed by atoms with Gasteiger partial charge in [-0.15, -0.1) is 0 Å². The van der Waals surface area contributed by atoms with Crippen LogP contribution >= 0.6 is 0 Å². The average molecular weight is 271 g/mol. The molecule has 0 aliphatic rings. The van der Waals surface area contributed by atoms with E-state index >= 15 is 0 Å². The van der Waals surface area contributed by atoms with Crippen LogP contribution in [0.25, 0.3) is 0 Å². The van der Waals surface area contributed by atoms with Crippen molar-refractivity contribution >= 4 is 6.21 Å². The summed E-state index contributed by atoms with van der Waals surface area (Å²) in [7, 11) is 3.28. The highest BCUT2D eigenvalue weighted by molar-refractivity contribution is 5.79. The Kier molecular flexibility index (Phi) is 5.00. The van der Waals surface area contributed by atoms with E-state index in [4.69, 9.17) is 14.3 Å². The smallest absolute Gasteiger partial charge is 0.142 e. The van der Waals surface area contributed by atoms with Gasteiger partial charge in [0.05, 0.1) is 20.4 Å². The molecule has 0 radical (unpaired) electrons. The standard InChI is InChI=1S/C16H17NO3/c1-18-15-8-6-13(7-9-15)12-20-17-11-14-4-3-5-16(10-14)19-2/h3-11H,12H2,1-2H3. The van der Waals surface area contributed by atoms with Crippen LogP contribution in [0.1, 0.15) is 11.1 Å². The quantitative estimate of drug-likeness (QED) is 0.598. The number of nitrogens with zero attached hydrogens (tertiary/aromatic N) is 1. The Labute approximate surface area is 118 Å². The van der Waals surface area contributed by atoms with Crippen molar-refractivity contribution in [3.05, 3.63) is 59.7 Å². The maximum atomic E-state index is 5.26. The summed E-state index contributed by atoms with van der Waals surface area (Å²) < 4.78 is 10.2. The van der Waals surface area contributed by atoms with Crippen LogP contribution in [0.3, 0.4) is 0 Å². The van der Waals surface area contributed by atoms with E-state index in [1.54, 1.807) is 20.4 Å². The zero-order valence-corrected chi connectivity index (χ0v) is 11.6. The monoisotopic (exact) mass is 271 g/mol. The molecule has 2 aromatic carbocycles. The van der Waals surface area contributed by atoms with Gasteiger partial charge in [0, 0.05) is 0 Å². The highest BCUT2D eigenvalue weighted by atomic mass is 16.6. The first-order valence-corrected chi connectivity index (χ1v) is 6.24. The molecular weight excluding hydrogens is 254 g/mol. The SMILES string of the molecule is COc1ccc(CON=Cc2cccc(OC)c2)cc1. The van der Waals surface area contributed by atoms with Crippen LogP contribution in [0, 0.1) is 0 Å². The van der Waals surface area contributed by atoms with Crippen LogP contribution in [0.2, 0.25) is 0 Å². The predicted molar refractivity (Wildman–Crippen MR) is 78.4 cm³/mol. The highest BCUT2D eigenvalue weighted by Crippen LogP contribution is 2.13. The minimum Gasteiger partial charge on any atom is -0.497 e. The van der Waals surface area contributed by atoms with Gasteiger partial charge in [-0.3, -0.25) is 0 Å². The zero-order valence-electron chi connectivity index (χ0n) is 11.6. The molecule has 0 bridgehead atoms. The van der Waals surface area contributed by atoms with E-state index in [1.807, 2.05) is 48.5 Å². The summed E-state index contributed by atoms with van der Waals surface area (Å²) in [4.78, 5) is 5.26. The molecule has 20 heavy (non-hydrogen) atoms. The second kappa shape index (κ2) is 7.19. The van der Waals surface area contributed by atoms with Gasteiger partial charge in [-0.25, -0.2) is 0 Å². The summed E-state index contributed by atoms with van der Waals surface area (Å²) in [6.45, 7) is 0.421. The fraction of sp³-hybridized carbons (Fsp3) is 0.188. The molecule has 0 saturated carbocycles. The molecule has 2 rings (SSSR count). The molecule has 104 valence electrons. The van der Waals surface area contributed by atoms with E-state index in [9.17, 15) is 0 Å². The largest absolute Gasteiger partial charge is 0.497 e. The van der Waals surface area contributed by atoms with E-state index in [0.717, 1.165) is 22.6 Å². The van der Waals surface area contributed by atoms with Crippen LogP contribution in [0.4, 0.5) is 0 Å². The van der Waals surface area contributed by atoms with Crippen LogP contribution < -0.4 is 9.47 Å². The van der Waals surface area contributed by atoms with Crippen molar-refractivity contribution in [3.8, 4) is 11.5 Å². The van der Waals surface area contributed by atoms with Gasteiger partial charge in [0.15, 0.2) is 0 Å². The highest BCUT2D eigenvalue weighted by Gasteiger charge is 1.95. The molecule has 4 nitrogen and oxygen atoms in total. The lowest BCUT2D eigenvalue weighted by molar-refractivity contribution is 0.132. The molecule has 0 atom stereocenters. The molecule has 0 unspecified atom stereocenters. The molecule has 2 aromatic rings. The van der Waals surface area contributed by atoms with Crippen molar-refractivity contribution in [2.75, 3.05) is 14.2 Å². The molecule has 0 fully saturated rings. The second-order valence-corrected chi connectivity index (χ2v) is 4.13. The summed E-state index contributed by atoms with van der Waals surface area (Å²) in [6, 6.07) is 15.3. The normalized spacial score (nSPS) is 10.5. The summed E-state index contributed by atoms with van der Waals surface area (Å²) in [6.07, 6.45) is 1.66. The van der Waals surface area contributed by atoms with Gasteiger partial charge >= 0.3 is 0 Å². The number of methoxy groups -OCH3 is 2. The third-order valence-corrected chi connectivity index (χ3v) is 2.76. The minimum absolute atomic E-state index is 0.421. The number of rotatable bonds is 6. The van der Waals surface area contributed by atoms with Crippen molar-refractivity contribution in [2.24, 2.45) is 5.16 Å². The van der Waals surface area contributed by atoms with Gasteiger partial charge in [-0.05, 0) is 35.4 Å². The van der Waals surface area contributed by atoms with Crippen LogP contribution in [-0.4, -0.2) is 20.4 Å². The molecule has 0 spiro atoms. The Morgan fingerprint density at radius 2 is 1.70 bits per heavy atom. The van der Waals surface area contributed by atoms with Gasteiger partial charge in [-0.2, -0.15) is 0 Å². The molecule has 0 aromatic heterocycles. The first-order valence-electron chi connectivity index (χ1n) is 6.24. The summed E-state index contributed by atoms with van der Waals surface area (Å²) in [5.74, 6) is 1.62. The van der Waals surface area contributed by atoms with Crippen LogP contribution in [-0.2, 0) is 11.4 Å². The Morgan fingerprint density at radius 1 is 0.950 bits per heavy atom. The third-order valence-electron chi connectivity index (χ3n) is 2.76. The molecule has 0 aliphatic heterocycles. The molecule has 0 amide bonds. The third kappa shape index (κ3) is 4.02. The van der Waals surface area contributed by atoms with Gasteiger partial charge in [-0.1, -0.05) is 29.4 Å². The number of benzene rings is 2. The minimum atomic E-state index is 0.421. The van der Waals surface area contributed by atoms with Crippen LogP contribution in [0.15, 0.2) is 53.7 Å². The van der Waals surface area contributed by atoms with Gasteiger partial charge in [0.1, 0.15) is 18.1 Å². The molecule has 4 heteroatoms. The lowest BCUT2D eigenvalue weighted by Gasteiger charge is -2.02. The molecule has 0 aliphatic carbocycles. The number of ether oxygens (including phenoxy) is 2. The maximum absolute atomic E-state index is 5.26. The van der Waals surface area contributed by atoms with Gasteiger partial charge < -0.3 is 14.3 Å². The lowest BCUT2D eigenvalue weighted by atomic mass is 10.2. The van der Waals surface area contributed by atoms with E-state index in [-0.39, 0.29) is 0 Å². The zero-order chi connectivity index (χ0) is 14.2. The van der Waals surface area contributed by atoms with E-state index in [2.05, 4.69) is 5.16 Å². The Hall–Kier alpha value is -2.49. The van der Waals surface area contributed by atoms with Crippen molar-refractivity contribution < 1.29 is 14.3 Å². The number of hydrogen-bond acceptors (Lipinski definition) is 4. The maximum Gasteiger partial charge on any atom is 0.142 e.